The molecule has 0 bridgehead atoms. The van der Waals surface area contributed by atoms with E-state index in [1.54, 1.807) is 11.0 Å². The number of hydrogen-bond donors (Lipinski definition) is 0. The SMILES string of the molecule is O=C(CCS(=O)(=O)N1Cc2ccc(Cl)cc2C1)N1CCC(c2cnc3ccccn23)CC1. The van der Waals surface area contributed by atoms with E-state index in [2.05, 4.69) is 9.38 Å². The molecular formula is C23H25ClN4O3S. The number of imidazole rings is 1. The summed E-state index contributed by atoms with van der Waals surface area (Å²) in [6.07, 6.45) is 5.65. The summed E-state index contributed by atoms with van der Waals surface area (Å²) in [4.78, 5) is 19.0. The minimum absolute atomic E-state index is 0.0101. The minimum atomic E-state index is -3.51. The fraction of sp³-hybridized carbons (Fsp3) is 0.391. The van der Waals surface area contributed by atoms with Crippen LogP contribution in [0.5, 0.6) is 0 Å². The Morgan fingerprint density at radius 1 is 1.09 bits per heavy atom. The Morgan fingerprint density at radius 2 is 1.88 bits per heavy atom. The lowest BCUT2D eigenvalue weighted by atomic mass is 9.93. The van der Waals surface area contributed by atoms with Gasteiger partial charge in [-0.15, -0.1) is 0 Å². The summed E-state index contributed by atoms with van der Waals surface area (Å²) in [5.41, 5.74) is 4.00. The number of carbonyl (C=O) groups is 1. The van der Waals surface area contributed by atoms with Crippen LogP contribution in [-0.4, -0.2) is 51.8 Å². The first-order valence-corrected chi connectivity index (χ1v) is 12.8. The van der Waals surface area contributed by atoms with Crippen LogP contribution in [0.2, 0.25) is 5.02 Å². The molecule has 4 heterocycles. The number of carbonyl (C=O) groups excluding carboxylic acids is 1. The van der Waals surface area contributed by atoms with Crippen LogP contribution < -0.4 is 0 Å². The van der Waals surface area contributed by atoms with E-state index in [1.165, 1.54) is 10.00 Å². The van der Waals surface area contributed by atoms with Gasteiger partial charge in [-0.25, -0.2) is 13.4 Å². The quantitative estimate of drug-likeness (QED) is 0.570. The molecule has 3 aromatic rings. The Morgan fingerprint density at radius 3 is 2.69 bits per heavy atom. The summed E-state index contributed by atoms with van der Waals surface area (Å²) in [5.74, 6) is 0.0841. The van der Waals surface area contributed by atoms with Gasteiger partial charge in [0, 0.05) is 61.6 Å². The van der Waals surface area contributed by atoms with E-state index in [1.807, 2.05) is 42.7 Å². The highest BCUT2D eigenvalue weighted by molar-refractivity contribution is 7.89. The van der Waals surface area contributed by atoms with Gasteiger partial charge in [-0.3, -0.25) is 4.79 Å². The molecule has 7 nitrogen and oxygen atoms in total. The molecule has 2 aliphatic rings. The summed E-state index contributed by atoms with van der Waals surface area (Å²) in [5, 5.41) is 0.602. The maximum atomic E-state index is 12.8. The predicted octanol–water partition coefficient (Wildman–Crippen LogP) is 3.43. The van der Waals surface area contributed by atoms with Crippen molar-refractivity contribution in [3.63, 3.8) is 0 Å². The topological polar surface area (TPSA) is 75.0 Å². The Bertz CT molecular complexity index is 1270. The first-order valence-electron chi connectivity index (χ1n) is 10.9. The molecule has 168 valence electrons. The summed E-state index contributed by atoms with van der Waals surface area (Å²) in [6, 6.07) is 11.4. The van der Waals surface area contributed by atoms with Crippen LogP contribution in [-0.2, 0) is 27.9 Å². The Labute approximate surface area is 192 Å². The van der Waals surface area contributed by atoms with Crippen molar-refractivity contribution in [2.24, 2.45) is 0 Å². The lowest BCUT2D eigenvalue weighted by Gasteiger charge is -2.32. The molecule has 1 saturated heterocycles. The zero-order valence-corrected chi connectivity index (χ0v) is 19.2. The highest BCUT2D eigenvalue weighted by atomic mass is 35.5. The second-order valence-corrected chi connectivity index (χ2v) is 11.0. The van der Waals surface area contributed by atoms with Gasteiger partial charge in [-0.2, -0.15) is 4.31 Å². The largest absolute Gasteiger partial charge is 0.343 e. The van der Waals surface area contributed by atoms with Gasteiger partial charge in [0.1, 0.15) is 5.65 Å². The Hall–Kier alpha value is -2.42. The molecule has 0 unspecified atom stereocenters. The Kier molecular flexibility index (Phi) is 5.69. The number of halogens is 1. The third-order valence-electron chi connectivity index (χ3n) is 6.54. The molecule has 5 rings (SSSR count). The highest BCUT2D eigenvalue weighted by Crippen LogP contribution is 2.30. The zero-order chi connectivity index (χ0) is 22.3. The smallest absolute Gasteiger partial charge is 0.223 e. The van der Waals surface area contributed by atoms with E-state index >= 15 is 0 Å². The van der Waals surface area contributed by atoms with Crippen molar-refractivity contribution in [3.05, 3.63) is 70.6 Å². The first-order chi connectivity index (χ1) is 15.4. The third-order valence-corrected chi connectivity index (χ3v) is 8.54. The van der Waals surface area contributed by atoms with E-state index in [4.69, 9.17) is 11.6 Å². The number of pyridine rings is 1. The van der Waals surface area contributed by atoms with Crippen molar-refractivity contribution >= 4 is 33.2 Å². The molecule has 9 heteroatoms. The molecule has 2 aromatic heterocycles. The average Bonchev–Trinajstić information content (AvgIpc) is 3.42. The number of piperidine rings is 1. The summed E-state index contributed by atoms with van der Waals surface area (Å²) >= 11 is 6.02. The normalized spacial score (nSPS) is 17.7. The van der Waals surface area contributed by atoms with Crippen LogP contribution in [0.15, 0.2) is 48.8 Å². The standard InChI is InChI=1S/C23H25ClN4O3S/c24-20-5-4-18-15-27(16-19(18)13-20)32(30,31)12-8-23(29)26-10-6-17(7-11-26)21-14-25-22-3-1-2-9-28(21)22/h1-5,9,13-14,17H,6-8,10-12,15-16H2. The number of nitrogens with zero attached hydrogens (tertiary/aromatic N) is 4. The third kappa shape index (κ3) is 4.14. The predicted molar refractivity (Wildman–Crippen MR) is 123 cm³/mol. The summed E-state index contributed by atoms with van der Waals surface area (Å²) < 4.78 is 29.2. The van der Waals surface area contributed by atoms with Crippen molar-refractivity contribution in [3.8, 4) is 0 Å². The van der Waals surface area contributed by atoms with Crippen LogP contribution in [0.4, 0.5) is 0 Å². The number of hydrogen-bond acceptors (Lipinski definition) is 4. The Balaban J connectivity index is 1.15. The van der Waals surface area contributed by atoms with E-state index in [0.29, 0.717) is 37.1 Å². The fourth-order valence-corrected chi connectivity index (χ4v) is 6.27. The number of fused-ring (bicyclic) bond motifs is 2. The van der Waals surface area contributed by atoms with Crippen molar-refractivity contribution in [2.45, 2.75) is 38.3 Å². The maximum absolute atomic E-state index is 12.8. The fourth-order valence-electron chi connectivity index (χ4n) is 4.71. The number of rotatable bonds is 5. The highest BCUT2D eigenvalue weighted by Gasteiger charge is 2.31. The lowest BCUT2D eigenvalue weighted by molar-refractivity contribution is -0.131. The van der Waals surface area contributed by atoms with E-state index < -0.39 is 10.0 Å². The van der Waals surface area contributed by atoms with Crippen molar-refractivity contribution in [1.82, 2.24) is 18.6 Å². The van der Waals surface area contributed by atoms with Crippen molar-refractivity contribution in [2.75, 3.05) is 18.8 Å². The van der Waals surface area contributed by atoms with Gasteiger partial charge in [0.05, 0.1) is 5.75 Å². The van der Waals surface area contributed by atoms with Gasteiger partial charge >= 0.3 is 0 Å². The van der Waals surface area contributed by atoms with E-state index in [9.17, 15) is 13.2 Å². The molecule has 0 spiro atoms. The number of sulfonamides is 1. The first kappa shape index (κ1) is 21.4. The van der Waals surface area contributed by atoms with Gasteiger partial charge in [0.2, 0.25) is 15.9 Å². The molecule has 0 aliphatic carbocycles. The van der Waals surface area contributed by atoms with Gasteiger partial charge in [0.25, 0.3) is 0 Å². The van der Waals surface area contributed by atoms with Crippen LogP contribution >= 0.6 is 11.6 Å². The monoisotopic (exact) mass is 472 g/mol. The molecule has 1 fully saturated rings. The summed E-state index contributed by atoms with van der Waals surface area (Å²) in [7, 11) is -3.51. The molecule has 0 N–H and O–H groups in total. The number of likely N-dealkylation sites (tertiary alicyclic amines) is 1. The van der Waals surface area contributed by atoms with Crippen molar-refractivity contribution in [1.29, 1.82) is 0 Å². The molecule has 0 atom stereocenters. The summed E-state index contributed by atoms with van der Waals surface area (Å²) in [6.45, 7) is 1.93. The van der Waals surface area contributed by atoms with Crippen LogP contribution in [0.1, 0.15) is 42.0 Å². The second kappa shape index (κ2) is 8.50. The molecule has 1 aromatic carbocycles. The van der Waals surface area contributed by atoms with Crippen LogP contribution in [0, 0.1) is 0 Å². The lowest BCUT2D eigenvalue weighted by Crippen LogP contribution is -2.39. The zero-order valence-electron chi connectivity index (χ0n) is 17.7. The molecular weight excluding hydrogens is 448 g/mol. The number of benzene rings is 1. The molecule has 0 saturated carbocycles. The molecule has 2 aliphatic heterocycles. The van der Waals surface area contributed by atoms with Gasteiger partial charge in [-0.1, -0.05) is 23.7 Å². The van der Waals surface area contributed by atoms with E-state index in [-0.39, 0.29) is 18.1 Å². The molecule has 0 radical (unpaired) electrons. The molecule has 32 heavy (non-hydrogen) atoms. The van der Waals surface area contributed by atoms with Gasteiger partial charge < -0.3 is 9.30 Å². The minimum Gasteiger partial charge on any atom is -0.343 e. The van der Waals surface area contributed by atoms with Crippen LogP contribution in [0.3, 0.4) is 0 Å². The van der Waals surface area contributed by atoms with Crippen molar-refractivity contribution < 1.29 is 13.2 Å². The van der Waals surface area contributed by atoms with Crippen LogP contribution in [0.25, 0.3) is 5.65 Å². The molecule has 1 amide bonds. The number of amides is 1. The maximum Gasteiger partial charge on any atom is 0.223 e. The average molecular weight is 473 g/mol. The van der Waals surface area contributed by atoms with E-state index in [0.717, 1.165) is 29.6 Å². The second-order valence-electron chi connectivity index (χ2n) is 8.51. The van der Waals surface area contributed by atoms with Gasteiger partial charge in [-0.05, 0) is 48.2 Å². The number of aromatic nitrogens is 2. The van der Waals surface area contributed by atoms with Gasteiger partial charge in [0.15, 0.2) is 0 Å².